The van der Waals surface area contributed by atoms with Crippen LogP contribution in [0.5, 0.6) is 5.75 Å². The maximum absolute atomic E-state index is 11.6. The van der Waals surface area contributed by atoms with Crippen LogP contribution in [0.4, 0.5) is 0 Å². The second kappa shape index (κ2) is 9.32. The van der Waals surface area contributed by atoms with E-state index in [9.17, 15) is 9.90 Å². The molecule has 0 fully saturated rings. The van der Waals surface area contributed by atoms with Gasteiger partial charge in [-0.15, -0.1) is 10.2 Å². The second-order valence-corrected chi connectivity index (χ2v) is 8.44. The first-order chi connectivity index (χ1) is 14.6. The van der Waals surface area contributed by atoms with Gasteiger partial charge in [-0.05, 0) is 24.1 Å². The predicted octanol–water partition coefficient (Wildman–Crippen LogP) is 4.90. The standard InChI is InChI=1S/C22H18BrN3O3S/c23-17-8-6-16(7-9-17)21-24-25-22(26(21)11-10-15-4-2-1-3-5-15)30-14-18-12-19(27)20(28)13-29-18/h1-9,12-13,28H,10-11,14H2. The van der Waals surface area contributed by atoms with E-state index in [0.29, 0.717) is 18.1 Å². The monoisotopic (exact) mass is 483 g/mol. The summed E-state index contributed by atoms with van der Waals surface area (Å²) >= 11 is 4.90. The summed E-state index contributed by atoms with van der Waals surface area (Å²) in [6, 6.07) is 19.5. The summed E-state index contributed by atoms with van der Waals surface area (Å²) in [5.41, 5.74) is 1.74. The number of halogens is 1. The van der Waals surface area contributed by atoms with Crippen molar-refractivity contribution in [2.24, 2.45) is 0 Å². The molecule has 0 saturated heterocycles. The van der Waals surface area contributed by atoms with Gasteiger partial charge in [-0.1, -0.05) is 70.2 Å². The molecule has 4 aromatic rings. The quantitative estimate of drug-likeness (QED) is 0.376. The molecule has 0 amide bonds. The average molecular weight is 484 g/mol. The van der Waals surface area contributed by atoms with Crippen molar-refractivity contribution >= 4 is 27.7 Å². The van der Waals surface area contributed by atoms with Gasteiger partial charge in [0.2, 0.25) is 5.43 Å². The van der Waals surface area contributed by atoms with E-state index >= 15 is 0 Å². The van der Waals surface area contributed by atoms with Crippen molar-refractivity contribution in [3.8, 4) is 17.1 Å². The van der Waals surface area contributed by atoms with Crippen LogP contribution in [0.3, 0.4) is 0 Å². The summed E-state index contributed by atoms with van der Waals surface area (Å²) in [6.07, 6.45) is 1.90. The van der Waals surface area contributed by atoms with Crippen LogP contribution in [0.25, 0.3) is 11.4 Å². The van der Waals surface area contributed by atoms with Crippen molar-refractivity contribution in [3.63, 3.8) is 0 Å². The molecule has 1 N–H and O–H groups in total. The fourth-order valence-corrected chi connectivity index (χ4v) is 4.07. The van der Waals surface area contributed by atoms with Crippen LogP contribution in [0, 0.1) is 0 Å². The molecule has 0 atom stereocenters. The van der Waals surface area contributed by atoms with Gasteiger partial charge in [-0.2, -0.15) is 0 Å². The number of aryl methyl sites for hydroxylation is 1. The summed E-state index contributed by atoms with van der Waals surface area (Å²) in [4.78, 5) is 11.6. The van der Waals surface area contributed by atoms with Crippen LogP contribution in [0.2, 0.25) is 0 Å². The molecule has 4 rings (SSSR count). The van der Waals surface area contributed by atoms with E-state index in [0.717, 1.165) is 33.7 Å². The zero-order chi connectivity index (χ0) is 20.9. The normalized spacial score (nSPS) is 11.0. The van der Waals surface area contributed by atoms with Gasteiger partial charge in [0.1, 0.15) is 12.0 Å². The third kappa shape index (κ3) is 4.83. The number of aromatic nitrogens is 3. The van der Waals surface area contributed by atoms with E-state index in [1.807, 2.05) is 42.5 Å². The van der Waals surface area contributed by atoms with Gasteiger partial charge < -0.3 is 14.1 Å². The Morgan fingerprint density at radius 1 is 1.07 bits per heavy atom. The number of nitrogens with zero attached hydrogens (tertiary/aromatic N) is 3. The Morgan fingerprint density at radius 3 is 2.57 bits per heavy atom. The molecule has 0 aliphatic rings. The highest BCUT2D eigenvalue weighted by molar-refractivity contribution is 9.10. The molecule has 152 valence electrons. The second-order valence-electron chi connectivity index (χ2n) is 6.58. The molecular formula is C22H18BrN3O3S. The lowest BCUT2D eigenvalue weighted by molar-refractivity contribution is 0.419. The number of rotatable bonds is 7. The number of thioether (sulfide) groups is 1. The molecule has 2 aromatic carbocycles. The average Bonchev–Trinajstić information content (AvgIpc) is 3.17. The molecule has 0 aliphatic carbocycles. The summed E-state index contributed by atoms with van der Waals surface area (Å²) in [5, 5.41) is 18.9. The van der Waals surface area contributed by atoms with Crippen LogP contribution >= 0.6 is 27.7 Å². The highest BCUT2D eigenvalue weighted by Crippen LogP contribution is 2.27. The van der Waals surface area contributed by atoms with E-state index in [1.54, 1.807) is 0 Å². The number of hydrogen-bond donors (Lipinski definition) is 1. The maximum Gasteiger partial charge on any atom is 0.226 e. The summed E-state index contributed by atoms with van der Waals surface area (Å²) in [7, 11) is 0. The number of hydrogen-bond acceptors (Lipinski definition) is 6. The van der Waals surface area contributed by atoms with Crippen molar-refractivity contribution < 1.29 is 9.52 Å². The SMILES string of the molecule is O=c1cc(CSc2nnc(-c3ccc(Br)cc3)n2CCc2ccccc2)occ1O. The third-order valence-electron chi connectivity index (χ3n) is 4.50. The van der Waals surface area contributed by atoms with Crippen molar-refractivity contribution in [2.75, 3.05) is 0 Å². The predicted molar refractivity (Wildman–Crippen MR) is 120 cm³/mol. The lowest BCUT2D eigenvalue weighted by Gasteiger charge is -2.10. The van der Waals surface area contributed by atoms with Gasteiger partial charge in [-0.3, -0.25) is 4.79 Å². The van der Waals surface area contributed by atoms with Gasteiger partial charge >= 0.3 is 0 Å². The van der Waals surface area contributed by atoms with E-state index in [-0.39, 0.29) is 0 Å². The van der Waals surface area contributed by atoms with Crippen LogP contribution in [-0.4, -0.2) is 19.9 Å². The van der Waals surface area contributed by atoms with Crippen LogP contribution in [-0.2, 0) is 18.7 Å². The molecule has 6 nitrogen and oxygen atoms in total. The first kappa shape index (κ1) is 20.4. The van der Waals surface area contributed by atoms with Crippen LogP contribution in [0.15, 0.2) is 85.8 Å². The Kier molecular flexibility index (Phi) is 6.35. The topological polar surface area (TPSA) is 81.2 Å². The lowest BCUT2D eigenvalue weighted by atomic mass is 10.1. The minimum atomic E-state index is -0.460. The molecular weight excluding hydrogens is 466 g/mol. The third-order valence-corrected chi connectivity index (χ3v) is 6.01. The maximum atomic E-state index is 11.6. The molecule has 0 unspecified atom stereocenters. The van der Waals surface area contributed by atoms with Gasteiger partial charge in [0.25, 0.3) is 0 Å². The summed E-state index contributed by atoms with van der Waals surface area (Å²) < 4.78 is 8.38. The van der Waals surface area contributed by atoms with Crippen LogP contribution in [0.1, 0.15) is 11.3 Å². The van der Waals surface area contributed by atoms with Gasteiger partial charge in [0.15, 0.2) is 16.7 Å². The number of benzene rings is 2. The van der Waals surface area contributed by atoms with E-state index in [1.165, 1.54) is 23.4 Å². The number of aromatic hydroxyl groups is 1. The van der Waals surface area contributed by atoms with Crippen LogP contribution < -0.4 is 5.43 Å². The minimum absolute atomic E-state index is 0.396. The molecule has 0 aliphatic heterocycles. The summed E-state index contributed by atoms with van der Waals surface area (Å²) in [5.74, 6) is 1.25. The van der Waals surface area contributed by atoms with Crippen molar-refractivity contribution in [3.05, 3.63) is 92.9 Å². The fraction of sp³-hybridized carbons (Fsp3) is 0.136. The molecule has 0 saturated carbocycles. The highest BCUT2D eigenvalue weighted by atomic mass is 79.9. The molecule has 0 radical (unpaired) electrons. The van der Waals surface area contributed by atoms with E-state index in [4.69, 9.17) is 4.42 Å². The zero-order valence-electron chi connectivity index (χ0n) is 15.9. The largest absolute Gasteiger partial charge is 0.502 e. The van der Waals surface area contributed by atoms with Gasteiger partial charge in [0.05, 0.1) is 5.75 Å². The molecule has 0 bridgehead atoms. The Balaban J connectivity index is 1.60. The molecule has 0 spiro atoms. The van der Waals surface area contributed by atoms with E-state index < -0.39 is 11.2 Å². The fourth-order valence-electron chi connectivity index (χ4n) is 2.95. The highest BCUT2D eigenvalue weighted by Gasteiger charge is 2.15. The molecule has 8 heteroatoms. The van der Waals surface area contributed by atoms with Crippen molar-refractivity contribution in [2.45, 2.75) is 23.9 Å². The Labute approximate surface area is 185 Å². The van der Waals surface area contributed by atoms with E-state index in [2.05, 4.69) is 42.8 Å². The minimum Gasteiger partial charge on any atom is -0.502 e. The Hall–Kier alpha value is -2.84. The first-order valence-corrected chi connectivity index (χ1v) is 11.0. The molecule has 30 heavy (non-hydrogen) atoms. The smallest absolute Gasteiger partial charge is 0.226 e. The lowest BCUT2D eigenvalue weighted by Crippen LogP contribution is -2.06. The van der Waals surface area contributed by atoms with Gasteiger partial charge in [-0.25, -0.2) is 0 Å². The Bertz CT molecular complexity index is 1190. The van der Waals surface area contributed by atoms with Crippen molar-refractivity contribution in [1.82, 2.24) is 14.8 Å². The van der Waals surface area contributed by atoms with Gasteiger partial charge in [0, 0.05) is 22.6 Å². The molecule has 2 aromatic heterocycles. The Morgan fingerprint density at radius 2 is 1.83 bits per heavy atom. The first-order valence-electron chi connectivity index (χ1n) is 9.27. The molecule has 2 heterocycles. The summed E-state index contributed by atoms with van der Waals surface area (Å²) in [6.45, 7) is 0.713. The van der Waals surface area contributed by atoms with Crippen molar-refractivity contribution in [1.29, 1.82) is 0 Å². The zero-order valence-corrected chi connectivity index (χ0v) is 18.3.